The fourth-order valence-corrected chi connectivity index (χ4v) is 1.65. The third-order valence-electron chi connectivity index (χ3n) is 2.93. The first-order valence-electron chi connectivity index (χ1n) is 5.69. The quantitative estimate of drug-likeness (QED) is 0.704. The van der Waals surface area contributed by atoms with Crippen molar-refractivity contribution in [2.45, 2.75) is 26.1 Å². The molecule has 0 aromatic heterocycles. The van der Waals surface area contributed by atoms with Crippen molar-refractivity contribution in [3.8, 4) is 5.75 Å². The molecule has 86 valence electrons. The SMILES string of the molecule is C=C(c1ccc(OC(C)OC)cc1)C1CC1. The molecule has 1 fully saturated rings. The molecule has 0 radical (unpaired) electrons. The number of benzene rings is 1. The Bertz CT molecular complexity index is 363. The summed E-state index contributed by atoms with van der Waals surface area (Å²) in [5, 5.41) is 0. The van der Waals surface area contributed by atoms with Gasteiger partial charge in [-0.05, 0) is 49.0 Å². The highest BCUT2D eigenvalue weighted by Crippen LogP contribution is 2.40. The van der Waals surface area contributed by atoms with E-state index in [1.165, 1.54) is 24.0 Å². The van der Waals surface area contributed by atoms with Gasteiger partial charge in [-0.1, -0.05) is 18.7 Å². The highest BCUT2D eigenvalue weighted by atomic mass is 16.7. The van der Waals surface area contributed by atoms with E-state index in [2.05, 4.69) is 18.7 Å². The maximum absolute atomic E-state index is 5.52. The zero-order valence-corrected chi connectivity index (χ0v) is 9.90. The summed E-state index contributed by atoms with van der Waals surface area (Å²) in [4.78, 5) is 0. The Morgan fingerprint density at radius 3 is 2.44 bits per heavy atom. The Kier molecular flexibility index (Phi) is 3.30. The number of hydrogen-bond acceptors (Lipinski definition) is 2. The van der Waals surface area contributed by atoms with Crippen LogP contribution in [0, 0.1) is 5.92 Å². The van der Waals surface area contributed by atoms with E-state index in [0.717, 1.165) is 5.75 Å². The molecule has 0 N–H and O–H groups in total. The van der Waals surface area contributed by atoms with Crippen LogP contribution in [0.15, 0.2) is 30.8 Å². The summed E-state index contributed by atoms with van der Waals surface area (Å²) in [5.74, 6) is 1.55. The molecule has 2 rings (SSSR count). The molecule has 1 aromatic rings. The van der Waals surface area contributed by atoms with Gasteiger partial charge >= 0.3 is 0 Å². The van der Waals surface area contributed by atoms with Crippen LogP contribution in [0.5, 0.6) is 5.75 Å². The van der Waals surface area contributed by atoms with E-state index < -0.39 is 0 Å². The highest BCUT2D eigenvalue weighted by molar-refractivity contribution is 5.67. The van der Waals surface area contributed by atoms with Gasteiger partial charge in [-0.3, -0.25) is 0 Å². The van der Waals surface area contributed by atoms with E-state index in [0.29, 0.717) is 5.92 Å². The van der Waals surface area contributed by atoms with Crippen LogP contribution in [0.25, 0.3) is 5.57 Å². The molecule has 0 amide bonds. The molecule has 2 nitrogen and oxygen atoms in total. The van der Waals surface area contributed by atoms with Crippen LogP contribution in [0.1, 0.15) is 25.3 Å². The average Bonchev–Trinajstić information content (AvgIpc) is 3.13. The van der Waals surface area contributed by atoms with E-state index in [4.69, 9.17) is 9.47 Å². The van der Waals surface area contributed by atoms with Gasteiger partial charge in [0.1, 0.15) is 5.75 Å². The third-order valence-corrected chi connectivity index (χ3v) is 2.93. The molecule has 16 heavy (non-hydrogen) atoms. The lowest BCUT2D eigenvalue weighted by molar-refractivity contribution is -0.0382. The molecule has 0 heterocycles. The van der Waals surface area contributed by atoms with Crippen LogP contribution in [0.3, 0.4) is 0 Å². The Hall–Kier alpha value is -1.28. The van der Waals surface area contributed by atoms with Crippen LogP contribution in [0.2, 0.25) is 0 Å². The van der Waals surface area contributed by atoms with Crippen LogP contribution >= 0.6 is 0 Å². The Morgan fingerprint density at radius 2 is 1.94 bits per heavy atom. The molecule has 0 spiro atoms. The lowest BCUT2D eigenvalue weighted by Crippen LogP contribution is -2.13. The molecular formula is C14H18O2. The predicted octanol–water partition coefficient (Wildman–Crippen LogP) is 3.48. The molecule has 1 aromatic carbocycles. The van der Waals surface area contributed by atoms with Gasteiger partial charge in [0.2, 0.25) is 0 Å². The maximum atomic E-state index is 5.52. The topological polar surface area (TPSA) is 18.5 Å². The largest absolute Gasteiger partial charge is 0.465 e. The first-order valence-corrected chi connectivity index (χ1v) is 5.69. The van der Waals surface area contributed by atoms with Gasteiger partial charge in [0.25, 0.3) is 0 Å². The van der Waals surface area contributed by atoms with Gasteiger partial charge in [-0.25, -0.2) is 0 Å². The number of ether oxygens (including phenoxy) is 2. The van der Waals surface area contributed by atoms with Crippen LogP contribution in [0.4, 0.5) is 0 Å². The summed E-state index contributed by atoms with van der Waals surface area (Å²) in [6, 6.07) is 8.08. The molecule has 0 saturated heterocycles. The molecule has 0 aliphatic heterocycles. The van der Waals surface area contributed by atoms with Crippen molar-refractivity contribution < 1.29 is 9.47 Å². The van der Waals surface area contributed by atoms with E-state index >= 15 is 0 Å². The molecule has 2 heteroatoms. The zero-order chi connectivity index (χ0) is 11.5. The van der Waals surface area contributed by atoms with Crippen molar-refractivity contribution >= 4 is 5.57 Å². The van der Waals surface area contributed by atoms with Gasteiger partial charge in [-0.2, -0.15) is 0 Å². The van der Waals surface area contributed by atoms with Gasteiger partial charge in [0.05, 0.1) is 0 Å². The van der Waals surface area contributed by atoms with E-state index in [-0.39, 0.29) is 6.29 Å². The number of allylic oxidation sites excluding steroid dienone is 1. The van der Waals surface area contributed by atoms with Crippen molar-refractivity contribution in [2.75, 3.05) is 7.11 Å². The van der Waals surface area contributed by atoms with Crippen molar-refractivity contribution in [3.05, 3.63) is 36.4 Å². The summed E-state index contributed by atoms with van der Waals surface area (Å²) in [6.45, 7) is 6.00. The Morgan fingerprint density at radius 1 is 1.31 bits per heavy atom. The molecule has 1 aliphatic rings. The number of rotatable bonds is 5. The summed E-state index contributed by atoms with van der Waals surface area (Å²) in [6.07, 6.45) is 2.37. The predicted molar refractivity (Wildman–Crippen MR) is 65.3 cm³/mol. The standard InChI is InChI=1S/C14H18O2/c1-10(12-4-5-12)13-6-8-14(9-7-13)16-11(2)15-3/h6-9,11-12H,1,4-5H2,2-3H3. The lowest BCUT2D eigenvalue weighted by Gasteiger charge is -2.13. The van der Waals surface area contributed by atoms with Gasteiger partial charge in [0, 0.05) is 7.11 Å². The summed E-state index contributed by atoms with van der Waals surface area (Å²) in [7, 11) is 1.63. The van der Waals surface area contributed by atoms with Crippen molar-refractivity contribution in [3.63, 3.8) is 0 Å². The smallest absolute Gasteiger partial charge is 0.196 e. The second-order valence-electron chi connectivity index (χ2n) is 4.25. The zero-order valence-electron chi connectivity index (χ0n) is 9.90. The fourth-order valence-electron chi connectivity index (χ4n) is 1.65. The first kappa shape index (κ1) is 11.2. The minimum absolute atomic E-state index is 0.211. The monoisotopic (exact) mass is 218 g/mol. The van der Waals surface area contributed by atoms with E-state index in [9.17, 15) is 0 Å². The van der Waals surface area contributed by atoms with Gasteiger partial charge < -0.3 is 9.47 Å². The van der Waals surface area contributed by atoms with Gasteiger partial charge in [-0.15, -0.1) is 0 Å². The molecule has 1 unspecified atom stereocenters. The Balaban J connectivity index is 2.01. The summed E-state index contributed by atoms with van der Waals surface area (Å²) >= 11 is 0. The second kappa shape index (κ2) is 4.71. The summed E-state index contributed by atoms with van der Waals surface area (Å²) in [5.41, 5.74) is 2.48. The normalized spacial score (nSPS) is 16.9. The highest BCUT2D eigenvalue weighted by Gasteiger charge is 2.25. The van der Waals surface area contributed by atoms with Crippen LogP contribution < -0.4 is 4.74 Å². The van der Waals surface area contributed by atoms with Crippen LogP contribution in [-0.2, 0) is 4.74 Å². The first-order chi connectivity index (χ1) is 7.70. The molecule has 0 bridgehead atoms. The molecule has 1 atom stereocenters. The molecular weight excluding hydrogens is 200 g/mol. The van der Waals surface area contributed by atoms with Crippen molar-refractivity contribution in [2.24, 2.45) is 5.92 Å². The van der Waals surface area contributed by atoms with E-state index in [1.807, 2.05) is 19.1 Å². The van der Waals surface area contributed by atoms with E-state index in [1.54, 1.807) is 7.11 Å². The lowest BCUT2D eigenvalue weighted by atomic mass is 10.0. The second-order valence-corrected chi connectivity index (χ2v) is 4.25. The van der Waals surface area contributed by atoms with Crippen molar-refractivity contribution in [1.29, 1.82) is 0 Å². The number of methoxy groups -OCH3 is 1. The average molecular weight is 218 g/mol. The third kappa shape index (κ3) is 2.64. The summed E-state index contributed by atoms with van der Waals surface area (Å²) < 4.78 is 10.6. The minimum atomic E-state index is -0.211. The van der Waals surface area contributed by atoms with Crippen molar-refractivity contribution in [1.82, 2.24) is 0 Å². The fraction of sp³-hybridized carbons (Fsp3) is 0.429. The van der Waals surface area contributed by atoms with Gasteiger partial charge in [0.15, 0.2) is 6.29 Å². The number of hydrogen-bond donors (Lipinski definition) is 0. The Labute approximate surface area is 96.9 Å². The van der Waals surface area contributed by atoms with Crippen LogP contribution in [-0.4, -0.2) is 13.4 Å². The molecule has 1 saturated carbocycles. The molecule has 1 aliphatic carbocycles. The maximum Gasteiger partial charge on any atom is 0.196 e. The minimum Gasteiger partial charge on any atom is -0.465 e.